The smallest absolute Gasteiger partial charge is 0.267 e. The Morgan fingerprint density at radius 2 is 2.33 bits per heavy atom. The molecule has 1 atom stereocenters. The first-order chi connectivity index (χ1) is 10.2. The van der Waals surface area contributed by atoms with Crippen LogP contribution in [0.15, 0.2) is 29.4 Å². The summed E-state index contributed by atoms with van der Waals surface area (Å²) in [7, 11) is 0. The van der Waals surface area contributed by atoms with Crippen molar-refractivity contribution in [3.8, 4) is 0 Å². The molecule has 1 aromatic carbocycles. The average Bonchev–Trinajstić information content (AvgIpc) is 3.15. The zero-order valence-corrected chi connectivity index (χ0v) is 12.3. The van der Waals surface area contributed by atoms with Crippen LogP contribution in [0, 0.1) is 0 Å². The van der Waals surface area contributed by atoms with Gasteiger partial charge in [-0.3, -0.25) is 9.80 Å². The zero-order chi connectivity index (χ0) is 14.7. The van der Waals surface area contributed by atoms with Crippen LogP contribution >= 0.6 is 0 Å². The molecule has 0 radical (unpaired) electrons. The number of hydrazone groups is 1. The van der Waals surface area contributed by atoms with E-state index in [2.05, 4.69) is 16.5 Å². The van der Waals surface area contributed by atoms with Crippen molar-refractivity contribution < 1.29 is 9.53 Å². The summed E-state index contributed by atoms with van der Waals surface area (Å²) in [5.41, 5.74) is 2.88. The molecule has 0 spiro atoms. The Kier molecular flexibility index (Phi) is 4.20. The molecular formula is C16H21N3O2. The maximum absolute atomic E-state index is 12.1. The molecule has 1 amide bonds. The minimum atomic E-state index is -0.116. The number of nitrogens with zero attached hydrogens (tertiary/aromatic N) is 2. The van der Waals surface area contributed by atoms with Crippen LogP contribution < -0.4 is 10.3 Å². The van der Waals surface area contributed by atoms with E-state index in [0.717, 1.165) is 38.1 Å². The number of para-hydroxylation sites is 1. The first-order valence-corrected chi connectivity index (χ1v) is 7.54. The lowest BCUT2D eigenvalue weighted by molar-refractivity contribution is -0.115. The maximum Gasteiger partial charge on any atom is 0.267 e. The van der Waals surface area contributed by atoms with Gasteiger partial charge in [0.1, 0.15) is 5.71 Å². The fourth-order valence-corrected chi connectivity index (χ4v) is 2.79. The summed E-state index contributed by atoms with van der Waals surface area (Å²) >= 11 is 0. The Labute approximate surface area is 125 Å². The minimum Gasteiger partial charge on any atom is -0.376 e. The molecule has 1 aromatic rings. The van der Waals surface area contributed by atoms with Crippen molar-refractivity contribution in [3.63, 3.8) is 0 Å². The summed E-state index contributed by atoms with van der Waals surface area (Å²) in [5, 5.41) is 9.27. The van der Waals surface area contributed by atoms with Gasteiger partial charge in [-0.1, -0.05) is 18.2 Å². The number of carbonyl (C=O) groups is 1. The summed E-state index contributed by atoms with van der Waals surface area (Å²) in [5.74, 6) is -0.116. The number of hydrogen-bond acceptors (Lipinski definition) is 4. The molecule has 5 nitrogen and oxygen atoms in total. The van der Waals surface area contributed by atoms with E-state index in [0.29, 0.717) is 12.3 Å². The molecule has 112 valence electrons. The number of rotatable bonds is 4. The number of carbonyl (C=O) groups excluding carboxylic acids is 1. The Hall–Kier alpha value is -1.88. The third-order valence-corrected chi connectivity index (χ3v) is 3.98. The Balaban J connectivity index is 1.59. The maximum atomic E-state index is 12.1. The van der Waals surface area contributed by atoms with Gasteiger partial charge in [0.2, 0.25) is 0 Å². The van der Waals surface area contributed by atoms with Gasteiger partial charge in [0, 0.05) is 19.7 Å². The molecule has 1 unspecified atom stereocenters. The van der Waals surface area contributed by atoms with Gasteiger partial charge in [-0.2, -0.15) is 5.10 Å². The normalized spacial score (nSPS) is 21.5. The number of anilines is 1. The lowest BCUT2D eigenvalue weighted by Crippen LogP contribution is -2.36. The van der Waals surface area contributed by atoms with Gasteiger partial charge in [-0.05, 0) is 37.8 Å². The van der Waals surface area contributed by atoms with Crippen LogP contribution in [0.3, 0.4) is 0 Å². The van der Waals surface area contributed by atoms with E-state index in [1.165, 1.54) is 5.56 Å². The lowest BCUT2D eigenvalue weighted by atomic mass is 10.2. The predicted octanol–water partition coefficient (Wildman–Crippen LogP) is 1.72. The summed E-state index contributed by atoms with van der Waals surface area (Å²) in [6, 6.07) is 8.19. The van der Waals surface area contributed by atoms with E-state index < -0.39 is 0 Å². The molecule has 1 saturated heterocycles. The van der Waals surface area contributed by atoms with Gasteiger partial charge >= 0.3 is 0 Å². The van der Waals surface area contributed by atoms with Gasteiger partial charge in [-0.25, -0.2) is 0 Å². The molecule has 2 aliphatic rings. The first kappa shape index (κ1) is 14.1. The highest BCUT2D eigenvalue weighted by Crippen LogP contribution is 2.27. The van der Waals surface area contributed by atoms with Crippen molar-refractivity contribution >= 4 is 17.3 Å². The van der Waals surface area contributed by atoms with Crippen LogP contribution in [-0.2, 0) is 16.0 Å². The zero-order valence-electron chi connectivity index (χ0n) is 12.3. The molecule has 2 heterocycles. The van der Waals surface area contributed by atoms with Crippen molar-refractivity contribution in [2.75, 3.05) is 24.7 Å². The van der Waals surface area contributed by atoms with Gasteiger partial charge < -0.3 is 10.1 Å². The molecule has 3 rings (SSSR count). The molecule has 1 N–H and O–H groups in total. The van der Waals surface area contributed by atoms with Crippen molar-refractivity contribution in [1.29, 1.82) is 0 Å². The largest absolute Gasteiger partial charge is 0.376 e. The Bertz CT molecular complexity index is 550. The summed E-state index contributed by atoms with van der Waals surface area (Å²) in [6.07, 6.45) is 3.24. The quantitative estimate of drug-likeness (QED) is 0.858. The molecule has 1 fully saturated rings. The van der Waals surface area contributed by atoms with Crippen LogP contribution in [0.25, 0.3) is 0 Å². The summed E-state index contributed by atoms with van der Waals surface area (Å²) < 4.78 is 5.50. The van der Waals surface area contributed by atoms with Gasteiger partial charge in [-0.15, -0.1) is 0 Å². The second kappa shape index (κ2) is 6.26. The first-order valence-electron chi connectivity index (χ1n) is 7.54. The van der Waals surface area contributed by atoms with Gasteiger partial charge in [0.25, 0.3) is 5.91 Å². The fraction of sp³-hybridized carbons (Fsp3) is 0.500. The summed E-state index contributed by atoms with van der Waals surface area (Å²) in [4.78, 5) is 12.1. The SMILES string of the molecule is C/C(=N/N1CCc2ccccc21)C(=O)NCC1CCCO1. The van der Waals surface area contributed by atoms with E-state index in [9.17, 15) is 4.79 Å². The highest BCUT2D eigenvalue weighted by atomic mass is 16.5. The van der Waals surface area contributed by atoms with Crippen LogP contribution in [0.1, 0.15) is 25.3 Å². The highest BCUT2D eigenvalue weighted by molar-refractivity contribution is 6.38. The molecule has 21 heavy (non-hydrogen) atoms. The van der Waals surface area contributed by atoms with Crippen LogP contribution in [0.4, 0.5) is 5.69 Å². The number of amides is 1. The average molecular weight is 287 g/mol. The number of benzene rings is 1. The topological polar surface area (TPSA) is 53.9 Å². The monoisotopic (exact) mass is 287 g/mol. The van der Waals surface area contributed by atoms with Crippen LogP contribution in [-0.4, -0.2) is 37.4 Å². The van der Waals surface area contributed by atoms with E-state index in [1.807, 2.05) is 23.2 Å². The number of nitrogens with one attached hydrogen (secondary N) is 1. The minimum absolute atomic E-state index is 0.116. The van der Waals surface area contributed by atoms with Crippen molar-refractivity contribution in [2.45, 2.75) is 32.3 Å². The molecule has 0 bridgehead atoms. The molecule has 0 aromatic heterocycles. The third-order valence-electron chi connectivity index (χ3n) is 3.98. The van der Waals surface area contributed by atoms with E-state index >= 15 is 0 Å². The molecule has 5 heteroatoms. The third kappa shape index (κ3) is 3.24. The fourth-order valence-electron chi connectivity index (χ4n) is 2.79. The molecular weight excluding hydrogens is 266 g/mol. The van der Waals surface area contributed by atoms with Crippen molar-refractivity contribution in [3.05, 3.63) is 29.8 Å². The molecule has 0 saturated carbocycles. The molecule has 2 aliphatic heterocycles. The van der Waals surface area contributed by atoms with E-state index in [-0.39, 0.29) is 12.0 Å². The number of hydrogen-bond donors (Lipinski definition) is 1. The van der Waals surface area contributed by atoms with Crippen molar-refractivity contribution in [1.82, 2.24) is 5.32 Å². The highest BCUT2D eigenvalue weighted by Gasteiger charge is 2.20. The second-order valence-corrected chi connectivity index (χ2v) is 5.53. The Morgan fingerprint density at radius 3 is 3.14 bits per heavy atom. The number of ether oxygens (including phenoxy) is 1. The predicted molar refractivity (Wildman–Crippen MR) is 82.6 cm³/mol. The standard InChI is InChI=1S/C16H21N3O2/c1-12(16(20)17-11-14-6-4-10-21-14)18-19-9-8-13-5-2-3-7-15(13)19/h2-3,5,7,14H,4,6,8-11H2,1H3,(H,17,20)/b18-12-. The second-order valence-electron chi connectivity index (χ2n) is 5.53. The van der Waals surface area contributed by atoms with Crippen LogP contribution in [0.5, 0.6) is 0 Å². The molecule has 0 aliphatic carbocycles. The van der Waals surface area contributed by atoms with Gasteiger partial charge in [0.05, 0.1) is 11.8 Å². The van der Waals surface area contributed by atoms with Gasteiger partial charge in [0.15, 0.2) is 0 Å². The van der Waals surface area contributed by atoms with E-state index in [4.69, 9.17) is 4.74 Å². The van der Waals surface area contributed by atoms with Crippen molar-refractivity contribution in [2.24, 2.45) is 5.10 Å². The Morgan fingerprint density at radius 1 is 1.48 bits per heavy atom. The number of fused-ring (bicyclic) bond motifs is 1. The summed E-state index contributed by atoms with van der Waals surface area (Å²) in [6.45, 7) is 3.96. The lowest BCUT2D eigenvalue weighted by Gasteiger charge is -2.15. The van der Waals surface area contributed by atoms with Crippen LogP contribution in [0.2, 0.25) is 0 Å². The van der Waals surface area contributed by atoms with E-state index in [1.54, 1.807) is 6.92 Å².